The molecular formula is C11H14N2O5S2. The predicted molar refractivity (Wildman–Crippen MR) is 71.8 cm³/mol. The van der Waals surface area contributed by atoms with E-state index in [0.717, 1.165) is 24.2 Å². The molecule has 0 spiro atoms. The number of amides is 1. The zero-order valence-electron chi connectivity index (χ0n) is 10.5. The number of sulfonamides is 1. The molecule has 1 heterocycles. The molecule has 0 unspecified atom stereocenters. The zero-order valence-corrected chi connectivity index (χ0v) is 12.1. The Labute approximate surface area is 120 Å². The molecule has 0 aromatic carbocycles. The lowest BCUT2D eigenvalue weighted by molar-refractivity contribution is -0.144. The van der Waals surface area contributed by atoms with Crippen molar-refractivity contribution in [1.29, 1.82) is 0 Å². The van der Waals surface area contributed by atoms with Crippen LogP contribution >= 0.6 is 11.3 Å². The van der Waals surface area contributed by atoms with Crippen LogP contribution in [0.1, 0.15) is 17.7 Å². The normalized spacial score (nSPS) is 15.1. The van der Waals surface area contributed by atoms with E-state index in [1.807, 2.05) is 0 Å². The summed E-state index contributed by atoms with van der Waals surface area (Å²) < 4.78 is 22.3. The Hall–Kier alpha value is -1.45. The Morgan fingerprint density at radius 2 is 2.05 bits per heavy atom. The first-order valence-electron chi connectivity index (χ1n) is 5.90. The fourth-order valence-corrected chi connectivity index (χ4v) is 3.58. The third kappa shape index (κ3) is 3.78. The lowest BCUT2D eigenvalue weighted by Gasteiger charge is -2.19. The van der Waals surface area contributed by atoms with Gasteiger partial charge < -0.3 is 10.0 Å². The molecule has 0 saturated heterocycles. The predicted octanol–water partition coefficient (Wildman–Crippen LogP) is 0.0136. The second-order valence-electron chi connectivity index (χ2n) is 4.59. The van der Waals surface area contributed by atoms with Crippen LogP contribution in [0.15, 0.2) is 16.3 Å². The molecule has 0 radical (unpaired) electrons. The molecule has 1 aliphatic carbocycles. The van der Waals surface area contributed by atoms with Gasteiger partial charge in [0.15, 0.2) is 0 Å². The smallest absolute Gasteiger partial charge is 0.323 e. The second kappa shape index (κ2) is 5.51. The van der Waals surface area contributed by atoms with Gasteiger partial charge in [0.1, 0.15) is 10.8 Å². The van der Waals surface area contributed by atoms with E-state index in [4.69, 9.17) is 10.2 Å². The summed E-state index contributed by atoms with van der Waals surface area (Å²) in [6, 6.07) is 2.87. The minimum atomic E-state index is -3.76. The van der Waals surface area contributed by atoms with Crippen molar-refractivity contribution in [2.24, 2.45) is 5.14 Å². The number of primary sulfonamides is 1. The molecule has 20 heavy (non-hydrogen) atoms. The Morgan fingerprint density at radius 3 is 2.50 bits per heavy atom. The first kappa shape index (κ1) is 14.9. The van der Waals surface area contributed by atoms with E-state index in [9.17, 15) is 18.0 Å². The van der Waals surface area contributed by atoms with E-state index in [2.05, 4.69) is 0 Å². The SMILES string of the molecule is NS(=O)(=O)c1ccc(CC(=O)N(CC(=O)O)C2CC2)s1. The lowest BCUT2D eigenvalue weighted by Crippen LogP contribution is -2.38. The van der Waals surface area contributed by atoms with Crippen molar-refractivity contribution in [3.05, 3.63) is 17.0 Å². The number of nitrogens with zero attached hydrogens (tertiary/aromatic N) is 1. The molecule has 3 N–H and O–H groups in total. The molecule has 7 nitrogen and oxygen atoms in total. The number of rotatable bonds is 6. The van der Waals surface area contributed by atoms with Crippen LogP contribution in [-0.2, 0) is 26.0 Å². The molecule has 2 rings (SSSR count). The number of thiophene rings is 1. The van der Waals surface area contributed by atoms with Gasteiger partial charge in [-0.25, -0.2) is 13.6 Å². The highest BCUT2D eigenvalue weighted by Gasteiger charge is 2.33. The summed E-state index contributed by atoms with van der Waals surface area (Å²) in [6.45, 7) is -0.323. The van der Waals surface area contributed by atoms with Gasteiger partial charge in [0.05, 0.1) is 6.42 Å². The van der Waals surface area contributed by atoms with E-state index in [0.29, 0.717) is 4.88 Å². The van der Waals surface area contributed by atoms with Gasteiger partial charge in [0.2, 0.25) is 15.9 Å². The van der Waals surface area contributed by atoms with E-state index in [-0.39, 0.29) is 29.1 Å². The van der Waals surface area contributed by atoms with E-state index in [1.165, 1.54) is 17.0 Å². The van der Waals surface area contributed by atoms with Crippen LogP contribution in [-0.4, -0.2) is 42.9 Å². The lowest BCUT2D eigenvalue weighted by atomic mass is 10.3. The van der Waals surface area contributed by atoms with Crippen LogP contribution in [0.3, 0.4) is 0 Å². The molecular weight excluding hydrogens is 304 g/mol. The minimum Gasteiger partial charge on any atom is -0.480 e. The molecule has 9 heteroatoms. The van der Waals surface area contributed by atoms with Gasteiger partial charge in [-0.2, -0.15) is 0 Å². The number of carboxylic acid groups (broad SMARTS) is 1. The van der Waals surface area contributed by atoms with E-state index >= 15 is 0 Å². The summed E-state index contributed by atoms with van der Waals surface area (Å²) in [5.41, 5.74) is 0. The fraction of sp³-hybridized carbons (Fsp3) is 0.455. The third-order valence-corrected chi connectivity index (χ3v) is 5.38. The number of carbonyl (C=O) groups excluding carboxylic acids is 1. The van der Waals surface area contributed by atoms with Crippen molar-refractivity contribution in [3.63, 3.8) is 0 Å². The summed E-state index contributed by atoms with van der Waals surface area (Å²) in [7, 11) is -3.76. The first-order valence-corrected chi connectivity index (χ1v) is 8.26. The Bertz CT molecular complexity index is 633. The highest BCUT2D eigenvalue weighted by molar-refractivity contribution is 7.91. The molecule has 1 aromatic heterocycles. The van der Waals surface area contributed by atoms with Crippen LogP contribution < -0.4 is 5.14 Å². The Kier molecular flexibility index (Phi) is 4.11. The Balaban J connectivity index is 2.06. The summed E-state index contributed by atoms with van der Waals surface area (Å²) >= 11 is 0.929. The second-order valence-corrected chi connectivity index (χ2v) is 7.55. The van der Waals surface area contributed by atoms with Crippen LogP contribution in [0.25, 0.3) is 0 Å². The maximum atomic E-state index is 12.1. The average Bonchev–Trinajstić information content (AvgIpc) is 3.04. The number of hydrogen-bond donors (Lipinski definition) is 2. The topological polar surface area (TPSA) is 118 Å². The number of carbonyl (C=O) groups is 2. The zero-order chi connectivity index (χ0) is 14.9. The minimum absolute atomic E-state index is 0.00323. The summed E-state index contributed by atoms with van der Waals surface area (Å²) in [6.07, 6.45) is 1.61. The summed E-state index contributed by atoms with van der Waals surface area (Å²) in [5, 5.41) is 13.8. The van der Waals surface area contributed by atoms with E-state index < -0.39 is 16.0 Å². The first-order chi connectivity index (χ1) is 9.27. The van der Waals surface area contributed by atoms with Crippen molar-refractivity contribution < 1.29 is 23.1 Å². The van der Waals surface area contributed by atoms with Gasteiger partial charge in [-0.3, -0.25) is 9.59 Å². The Morgan fingerprint density at radius 1 is 1.40 bits per heavy atom. The fourth-order valence-electron chi connectivity index (χ4n) is 1.81. The van der Waals surface area contributed by atoms with Gasteiger partial charge in [-0.1, -0.05) is 0 Å². The maximum Gasteiger partial charge on any atom is 0.323 e. The standard InChI is InChI=1S/C11H14N2O5S2/c12-20(17,18)11-4-3-8(19-11)5-9(14)13(6-10(15)16)7-1-2-7/h3-4,7H,1-2,5-6H2,(H,15,16)(H2,12,17,18). The van der Waals surface area contributed by atoms with Gasteiger partial charge >= 0.3 is 5.97 Å². The van der Waals surface area contributed by atoms with Crippen molar-refractivity contribution in [2.75, 3.05) is 6.54 Å². The molecule has 1 saturated carbocycles. The van der Waals surface area contributed by atoms with Crippen LogP contribution in [0.5, 0.6) is 0 Å². The molecule has 0 aliphatic heterocycles. The highest BCUT2D eigenvalue weighted by Crippen LogP contribution is 2.28. The summed E-state index contributed by atoms with van der Waals surface area (Å²) in [5.74, 6) is -1.36. The van der Waals surface area contributed by atoms with Gasteiger partial charge in [0, 0.05) is 10.9 Å². The van der Waals surface area contributed by atoms with Gasteiger partial charge in [0.25, 0.3) is 0 Å². The number of nitrogens with two attached hydrogens (primary N) is 1. The summed E-state index contributed by atoms with van der Waals surface area (Å²) in [4.78, 5) is 24.7. The molecule has 0 bridgehead atoms. The van der Waals surface area contributed by atoms with Gasteiger partial charge in [-0.05, 0) is 25.0 Å². The third-order valence-electron chi connectivity index (χ3n) is 2.86. The molecule has 110 valence electrons. The quantitative estimate of drug-likeness (QED) is 0.766. The molecule has 1 fully saturated rings. The van der Waals surface area contributed by atoms with Crippen molar-refractivity contribution in [1.82, 2.24) is 4.90 Å². The van der Waals surface area contributed by atoms with Crippen LogP contribution in [0.2, 0.25) is 0 Å². The molecule has 1 aromatic rings. The monoisotopic (exact) mass is 318 g/mol. The number of carboxylic acids is 1. The van der Waals surface area contributed by atoms with Gasteiger partial charge in [-0.15, -0.1) is 11.3 Å². The number of hydrogen-bond acceptors (Lipinski definition) is 5. The largest absolute Gasteiger partial charge is 0.480 e. The van der Waals surface area contributed by atoms with Crippen molar-refractivity contribution >= 4 is 33.2 Å². The van der Waals surface area contributed by atoms with Crippen molar-refractivity contribution in [2.45, 2.75) is 29.5 Å². The van der Waals surface area contributed by atoms with Crippen molar-refractivity contribution in [3.8, 4) is 0 Å². The van der Waals surface area contributed by atoms with E-state index in [1.54, 1.807) is 0 Å². The van der Waals surface area contributed by atoms with Crippen LogP contribution in [0, 0.1) is 0 Å². The average molecular weight is 318 g/mol. The maximum absolute atomic E-state index is 12.1. The highest BCUT2D eigenvalue weighted by atomic mass is 32.2. The molecule has 1 amide bonds. The van der Waals surface area contributed by atoms with Crippen LogP contribution in [0.4, 0.5) is 0 Å². The molecule has 0 atom stereocenters. The number of aliphatic carboxylic acids is 1. The molecule has 1 aliphatic rings.